The minimum atomic E-state index is 0.118. The Morgan fingerprint density at radius 2 is 2.33 bits per heavy atom. The van der Waals surface area contributed by atoms with E-state index in [-0.39, 0.29) is 5.78 Å². The van der Waals surface area contributed by atoms with Crippen molar-refractivity contribution in [3.8, 4) is 0 Å². The number of ketones is 1. The lowest BCUT2D eigenvalue weighted by Crippen LogP contribution is -2.07. The molecule has 0 saturated carbocycles. The van der Waals surface area contributed by atoms with Crippen molar-refractivity contribution in [2.24, 2.45) is 0 Å². The van der Waals surface area contributed by atoms with E-state index >= 15 is 0 Å². The molecular formula is C8H6O2S2. The molecule has 0 fully saturated rings. The lowest BCUT2D eigenvalue weighted by atomic mass is 10.1. The highest BCUT2D eigenvalue weighted by atomic mass is 32.2. The summed E-state index contributed by atoms with van der Waals surface area (Å²) in [5.41, 5.74) is 0.659. The Morgan fingerprint density at radius 3 is 3.08 bits per heavy atom. The van der Waals surface area contributed by atoms with Gasteiger partial charge in [0, 0.05) is 22.4 Å². The van der Waals surface area contributed by atoms with E-state index in [1.54, 1.807) is 11.8 Å². The summed E-state index contributed by atoms with van der Waals surface area (Å²) in [6.45, 7) is 0. The Kier molecular flexibility index (Phi) is 2.02. The van der Waals surface area contributed by atoms with Crippen LogP contribution in [-0.2, 0) is 0 Å². The molecular weight excluding hydrogens is 192 g/mol. The predicted octanol–water partition coefficient (Wildman–Crippen LogP) is 2.24. The van der Waals surface area contributed by atoms with E-state index in [0.29, 0.717) is 16.9 Å². The van der Waals surface area contributed by atoms with E-state index in [1.165, 1.54) is 11.3 Å². The van der Waals surface area contributed by atoms with Gasteiger partial charge in [0.2, 0.25) is 0 Å². The van der Waals surface area contributed by atoms with Crippen molar-refractivity contribution < 1.29 is 9.59 Å². The molecule has 1 aromatic heterocycles. The standard InChI is InChI=1S/C8H6O2S2/c9-3-6-8-5(10)1-2-11-7(8)4-12-6/h3-4H,1-2H2. The fourth-order valence-corrected chi connectivity index (χ4v) is 3.31. The minimum Gasteiger partial charge on any atom is -0.297 e. The van der Waals surface area contributed by atoms with E-state index < -0.39 is 0 Å². The summed E-state index contributed by atoms with van der Waals surface area (Å²) in [5, 5.41) is 1.89. The first kappa shape index (κ1) is 8.01. The number of carbonyl (C=O) groups excluding carboxylic acids is 2. The Morgan fingerprint density at radius 1 is 1.50 bits per heavy atom. The maximum Gasteiger partial charge on any atom is 0.166 e. The summed E-state index contributed by atoms with van der Waals surface area (Å²) in [5.74, 6) is 0.966. The largest absolute Gasteiger partial charge is 0.297 e. The topological polar surface area (TPSA) is 34.1 Å². The number of Topliss-reactive ketones (excluding diaryl/α,β-unsaturated/α-hetero) is 1. The average molecular weight is 198 g/mol. The number of hydrogen-bond acceptors (Lipinski definition) is 4. The zero-order valence-electron chi connectivity index (χ0n) is 6.20. The van der Waals surface area contributed by atoms with Crippen LogP contribution in [0.15, 0.2) is 10.3 Å². The summed E-state index contributed by atoms with van der Waals surface area (Å²) in [7, 11) is 0. The number of fused-ring (bicyclic) bond motifs is 1. The molecule has 0 spiro atoms. The molecule has 1 aromatic rings. The molecule has 2 heterocycles. The van der Waals surface area contributed by atoms with Crippen LogP contribution in [0.25, 0.3) is 0 Å². The first-order chi connectivity index (χ1) is 5.83. The molecule has 1 aliphatic rings. The third-order valence-electron chi connectivity index (χ3n) is 1.76. The molecule has 12 heavy (non-hydrogen) atoms. The van der Waals surface area contributed by atoms with E-state index in [1.807, 2.05) is 5.38 Å². The first-order valence-electron chi connectivity index (χ1n) is 3.55. The van der Waals surface area contributed by atoms with Gasteiger partial charge in [-0.2, -0.15) is 0 Å². The number of hydrogen-bond donors (Lipinski definition) is 0. The molecule has 2 nitrogen and oxygen atoms in total. The average Bonchev–Trinajstić information content (AvgIpc) is 2.49. The third-order valence-corrected chi connectivity index (χ3v) is 3.86. The van der Waals surface area contributed by atoms with Gasteiger partial charge < -0.3 is 0 Å². The molecule has 0 atom stereocenters. The summed E-state index contributed by atoms with van der Waals surface area (Å²) < 4.78 is 0. The molecule has 0 aliphatic carbocycles. The van der Waals surface area contributed by atoms with Crippen molar-refractivity contribution in [2.45, 2.75) is 11.3 Å². The van der Waals surface area contributed by atoms with Gasteiger partial charge in [-0.05, 0) is 0 Å². The first-order valence-corrected chi connectivity index (χ1v) is 5.42. The zero-order valence-corrected chi connectivity index (χ0v) is 7.83. The third kappa shape index (κ3) is 1.11. The van der Waals surface area contributed by atoms with Gasteiger partial charge in [-0.15, -0.1) is 23.1 Å². The summed E-state index contributed by atoms with van der Waals surface area (Å²) in [4.78, 5) is 23.5. The molecule has 0 saturated heterocycles. The number of thioether (sulfide) groups is 1. The van der Waals surface area contributed by atoms with E-state index in [0.717, 1.165) is 16.9 Å². The Balaban J connectivity index is 2.57. The summed E-state index contributed by atoms with van der Waals surface area (Å²) >= 11 is 3.02. The number of thiophene rings is 1. The fraction of sp³-hybridized carbons (Fsp3) is 0.250. The highest BCUT2D eigenvalue weighted by molar-refractivity contribution is 7.99. The lowest BCUT2D eigenvalue weighted by Gasteiger charge is -2.08. The van der Waals surface area contributed by atoms with Gasteiger partial charge in [0.25, 0.3) is 0 Å². The van der Waals surface area contributed by atoms with Crippen molar-refractivity contribution in [3.63, 3.8) is 0 Å². The molecule has 0 bridgehead atoms. The van der Waals surface area contributed by atoms with Gasteiger partial charge in [-0.25, -0.2) is 0 Å². The normalized spacial score (nSPS) is 15.8. The Bertz CT molecular complexity index is 341. The van der Waals surface area contributed by atoms with Crippen molar-refractivity contribution in [1.82, 2.24) is 0 Å². The van der Waals surface area contributed by atoms with Gasteiger partial charge in [0.1, 0.15) is 0 Å². The van der Waals surface area contributed by atoms with Crippen molar-refractivity contribution in [1.29, 1.82) is 0 Å². The minimum absolute atomic E-state index is 0.118. The van der Waals surface area contributed by atoms with E-state index in [9.17, 15) is 9.59 Å². The molecule has 0 aromatic carbocycles. The second kappa shape index (κ2) is 3.03. The highest BCUT2D eigenvalue weighted by Gasteiger charge is 2.22. The Hall–Kier alpha value is -0.610. The smallest absolute Gasteiger partial charge is 0.166 e. The zero-order chi connectivity index (χ0) is 8.55. The van der Waals surface area contributed by atoms with Gasteiger partial charge in [-0.3, -0.25) is 9.59 Å². The predicted molar refractivity (Wildman–Crippen MR) is 49.4 cm³/mol. The molecule has 0 amide bonds. The molecule has 2 rings (SSSR count). The molecule has 4 heteroatoms. The number of aldehydes is 1. The number of carbonyl (C=O) groups is 2. The monoisotopic (exact) mass is 198 g/mol. The van der Waals surface area contributed by atoms with Crippen LogP contribution >= 0.6 is 23.1 Å². The van der Waals surface area contributed by atoms with Crippen LogP contribution in [-0.4, -0.2) is 17.8 Å². The lowest BCUT2D eigenvalue weighted by molar-refractivity contribution is 0.0979. The van der Waals surface area contributed by atoms with Crippen LogP contribution in [0, 0.1) is 0 Å². The molecule has 0 N–H and O–H groups in total. The summed E-state index contributed by atoms with van der Waals surface area (Å²) in [6.07, 6.45) is 1.34. The fourth-order valence-electron chi connectivity index (χ4n) is 1.20. The quantitative estimate of drug-likeness (QED) is 0.649. The van der Waals surface area contributed by atoms with Crippen LogP contribution in [0.4, 0.5) is 0 Å². The van der Waals surface area contributed by atoms with Gasteiger partial charge in [0.05, 0.1) is 10.4 Å². The van der Waals surface area contributed by atoms with Gasteiger partial charge in [-0.1, -0.05) is 0 Å². The molecule has 1 aliphatic heterocycles. The van der Waals surface area contributed by atoms with Crippen LogP contribution in [0.2, 0.25) is 0 Å². The highest BCUT2D eigenvalue weighted by Crippen LogP contribution is 2.35. The second-order valence-electron chi connectivity index (χ2n) is 2.48. The van der Waals surface area contributed by atoms with Crippen molar-refractivity contribution >= 4 is 35.2 Å². The van der Waals surface area contributed by atoms with Crippen LogP contribution in [0.3, 0.4) is 0 Å². The van der Waals surface area contributed by atoms with Gasteiger partial charge in [0.15, 0.2) is 12.1 Å². The van der Waals surface area contributed by atoms with E-state index in [4.69, 9.17) is 0 Å². The van der Waals surface area contributed by atoms with E-state index in [2.05, 4.69) is 0 Å². The van der Waals surface area contributed by atoms with Crippen LogP contribution in [0.5, 0.6) is 0 Å². The molecule has 62 valence electrons. The maximum absolute atomic E-state index is 11.4. The van der Waals surface area contributed by atoms with Crippen molar-refractivity contribution in [3.05, 3.63) is 15.8 Å². The summed E-state index contributed by atoms with van der Waals surface area (Å²) in [6, 6.07) is 0. The molecule has 0 radical (unpaired) electrons. The van der Waals surface area contributed by atoms with Crippen molar-refractivity contribution in [2.75, 3.05) is 5.75 Å². The van der Waals surface area contributed by atoms with Crippen LogP contribution in [0.1, 0.15) is 26.5 Å². The number of rotatable bonds is 1. The Labute approximate surface area is 78.0 Å². The van der Waals surface area contributed by atoms with Gasteiger partial charge >= 0.3 is 0 Å². The SMILES string of the molecule is O=Cc1scc2c1C(=O)CCS2. The van der Waals surface area contributed by atoms with Crippen LogP contribution < -0.4 is 0 Å². The maximum atomic E-state index is 11.4. The molecule has 0 unspecified atom stereocenters. The second-order valence-corrected chi connectivity index (χ2v) is 4.53.